The Morgan fingerprint density at radius 1 is 1.08 bits per heavy atom. The summed E-state index contributed by atoms with van der Waals surface area (Å²) in [6, 6.07) is 11.8. The van der Waals surface area contributed by atoms with Crippen molar-refractivity contribution in [2.24, 2.45) is 0 Å². The standard InChI is InChI=1S/C18H18FNO3S/c1-13(21)15-4-10-18(11-5-15)24(22,23)20(17-8-9-17)12-14-2-6-16(19)7-3-14/h2-7,10-11,17H,8-9,12H2,1H3. The number of carbonyl (C=O) groups excluding carboxylic acids is 1. The molecule has 0 radical (unpaired) electrons. The molecule has 0 spiro atoms. The number of ketones is 1. The van der Waals surface area contributed by atoms with Gasteiger partial charge in [-0.05, 0) is 49.6 Å². The molecule has 0 N–H and O–H groups in total. The highest BCUT2D eigenvalue weighted by Gasteiger charge is 2.38. The van der Waals surface area contributed by atoms with Crippen molar-refractivity contribution in [1.82, 2.24) is 4.31 Å². The third kappa shape index (κ3) is 3.55. The average Bonchev–Trinajstić information content (AvgIpc) is 3.39. The third-order valence-electron chi connectivity index (χ3n) is 4.07. The van der Waals surface area contributed by atoms with Gasteiger partial charge in [0.2, 0.25) is 10.0 Å². The van der Waals surface area contributed by atoms with Gasteiger partial charge in [0.15, 0.2) is 5.78 Å². The molecule has 126 valence electrons. The van der Waals surface area contributed by atoms with Crippen molar-refractivity contribution < 1.29 is 17.6 Å². The van der Waals surface area contributed by atoms with E-state index < -0.39 is 10.0 Å². The molecule has 3 rings (SSSR count). The van der Waals surface area contributed by atoms with Crippen LogP contribution in [0.2, 0.25) is 0 Å². The topological polar surface area (TPSA) is 54.5 Å². The molecule has 1 fully saturated rings. The average molecular weight is 347 g/mol. The minimum atomic E-state index is -3.66. The molecule has 0 bridgehead atoms. The van der Waals surface area contributed by atoms with Gasteiger partial charge in [0, 0.05) is 18.2 Å². The van der Waals surface area contributed by atoms with E-state index in [9.17, 15) is 17.6 Å². The molecule has 0 aliphatic heterocycles. The Balaban J connectivity index is 1.89. The molecule has 2 aromatic carbocycles. The summed E-state index contributed by atoms with van der Waals surface area (Å²) in [6.07, 6.45) is 1.65. The number of halogens is 1. The smallest absolute Gasteiger partial charge is 0.243 e. The van der Waals surface area contributed by atoms with Gasteiger partial charge < -0.3 is 0 Å². The van der Waals surface area contributed by atoms with Crippen LogP contribution in [0.3, 0.4) is 0 Å². The van der Waals surface area contributed by atoms with Crippen LogP contribution in [-0.4, -0.2) is 24.5 Å². The van der Waals surface area contributed by atoms with E-state index >= 15 is 0 Å². The predicted octanol–water partition coefficient (Wildman–Crippen LogP) is 3.38. The van der Waals surface area contributed by atoms with Crippen LogP contribution in [0.25, 0.3) is 0 Å². The molecule has 6 heteroatoms. The van der Waals surface area contributed by atoms with Crippen molar-refractivity contribution in [3.63, 3.8) is 0 Å². The quantitative estimate of drug-likeness (QED) is 0.753. The third-order valence-corrected chi connectivity index (χ3v) is 5.99. The molecule has 1 aliphatic carbocycles. The molecule has 0 aromatic heterocycles. The zero-order valence-corrected chi connectivity index (χ0v) is 14.1. The fraction of sp³-hybridized carbons (Fsp3) is 0.278. The number of hydrogen-bond donors (Lipinski definition) is 0. The number of carbonyl (C=O) groups is 1. The van der Waals surface area contributed by atoms with Gasteiger partial charge in [-0.1, -0.05) is 24.3 Å². The van der Waals surface area contributed by atoms with Crippen LogP contribution in [0.4, 0.5) is 4.39 Å². The van der Waals surface area contributed by atoms with Crippen molar-refractivity contribution in [2.75, 3.05) is 0 Å². The van der Waals surface area contributed by atoms with E-state index in [4.69, 9.17) is 0 Å². The second-order valence-corrected chi connectivity index (χ2v) is 7.88. The highest BCUT2D eigenvalue weighted by molar-refractivity contribution is 7.89. The molecule has 1 saturated carbocycles. The maximum Gasteiger partial charge on any atom is 0.243 e. The Hall–Kier alpha value is -2.05. The maximum atomic E-state index is 13.0. The Bertz CT molecular complexity index is 841. The number of nitrogens with zero attached hydrogens (tertiary/aromatic N) is 1. The van der Waals surface area contributed by atoms with Gasteiger partial charge in [-0.25, -0.2) is 12.8 Å². The van der Waals surface area contributed by atoms with Crippen molar-refractivity contribution in [3.8, 4) is 0 Å². The monoisotopic (exact) mass is 347 g/mol. The summed E-state index contributed by atoms with van der Waals surface area (Å²) in [5, 5.41) is 0. The second kappa shape index (κ2) is 6.45. The van der Waals surface area contributed by atoms with Crippen molar-refractivity contribution in [1.29, 1.82) is 0 Å². The van der Waals surface area contributed by atoms with Crippen LogP contribution in [0.15, 0.2) is 53.4 Å². The van der Waals surface area contributed by atoms with Gasteiger partial charge in [0.05, 0.1) is 4.90 Å². The molecule has 0 heterocycles. The zero-order chi connectivity index (χ0) is 17.3. The minimum absolute atomic E-state index is 0.0208. The lowest BCUT2D eigenvalue weighted by Crippen LogP contribution is -2.32. The molecule has 0 atom stereocenters. The summed E-state index contributed by atoms with van der Waals surface area (Å²) in [5.41, 5.74) is 1.22. The van der Waals surface area contributed by atoms with Gasteiger partial charge in [0.25, 0.3) is 0 Å². The lowest BCUT2D eigenvalue weighted by molar-refractivity contribution is 0.101. The number of sulfonamides is 1. The van der Waals surface area contributed by atoms with Gasteiger partial charge in [-0.2, -0.15) is 4.31 Å². The van der Waals surface area contributed by atoms with Gasteiger partial charge in [-0.3, -0.25) is 4.79 Å². The molecule has 4 nitrogen and oxygen atoms in total. The Kier molecular flexibility index (Phi) is 4.51. The normalized spacial score (nSPS) is 14.8. The van der Waals surface area contributed by atoms with Crippen LogP contribution in [-0.2, 0) is 16.6 Å². The summed E-state index contributed by atoms with van der Waals surface area (Å²) in [4.78, 5) is 11.5. The summed E-state index contributed by atoms with van der Waals surface area (Å²) in [5.74, 6) is -0.455. The van der Waals surface area contributed by atoms with Crippen LogP contribution in [0, 0.1) is 5.82 Å². The minimum Gasteiger partial charge on any atom is -0.295 e. The van der Waals surface area contributed by atoms with Gasteiger partial charge in [0.1, 0.15) is 5.82 Å². The summed E-state index contributed by atoms with van der Waals surface area (Å²) >= 11 is 0. The van der Waals surface area contributed by atoms with Crippen LogP contribution < -0.4 is 0 Å². The second-order valence-electron chi connectivity index (χ2n) is 5.99. The van der Waals surface area contributed by atoms with Crippen molar-refractivity contribution in [3.05, 3.63) is 65.5 Å². The first kappa shape index (κ1) is 16.8. The summed E-state index contributed by atoms with van der Waals surface area (Å²) in [7, 11) is -3.66. The van der Waals surface area contributed by atoms with Crippen LogP contribution >= 0.6 is 0 Å². The molecular formula is C18H18FNO3S. The van der Waals surface area contributed by atoms with Crippen LogP contribution in [0.1, 0.15) is 35.7 Å². The number of rotatable bonds is 6. The molecule has 0 unspecified atom stereocenters. The van der Waals surface area contributed by atoms with E-state index in [1.54, 1.807) is 12.1 Å². The molecule has 0 amide bonds. The van der Waals surface area contributed by atoms with E-state index in [0.717, 1.165) is 18.4 Å². The number of hydrogen-bond acceptors (Lipinski definition) is 3. The number of benzene rings is 2. The highest BCUT2D eigenvalue weighted by atomic mass is 32.2. The molecule has 2 aromatic rings. The van der Waals surface area contributed by atoms with E-state index in [0.29, 0.717) is 5.56 Å². The van der Waals surface area contributed by atoms with E-state index in [-0.39, 0.29) is 29.1 Å². The molecule has 24 heavy (non-hydrogen) atoms. The van der Waals surface area contributed by atoms with E-state index in [2.05, 4.69) is 0 Å². The molecular weight excluding hydrogens is 329 g/mol. The van der Waals surface area contributed by atoms with Crippen LogP contribution in [0.5, 0.6) is 0 Å². The fourth-order valence-electron chi connectivity index (χ4n) is 2.54. The lowest BCUT2D eigenvalue weighted by atomic mass is 10.2. The fourth-order valence-corrected chi connectivity index (χ4v) is 4.21. The molecule has 1 aliphatic rings. The van der Waals surface area contributed by atoms with Crippen molar-refractivity contribution in [2.45, 2.75) is 37.2 Å². The predicted molar refractivity (Wildman–Crippen MR) is 88.6 cm³/mol. The van der Waals surface area contributed by atoms with E-state index in [1.165, 1.54) is 47.6 Å². The Morgan fingerprint density at radius 2 is 1.67 bits per heavy atom. The Labute approximate surface area is 141 Å². The molecule has 0 saturated heterocycles. The summed E-state index contributed by atoms with van der Waals surface area (Å²) in [6.45, 7) is 1.65. The van der Waals surface area contributed by atoms with Crippen molar-refractivity contribution >= 4 is 15.8 Å². The van der Waals surface area contributed by atoms with Gasteiger partial charge in [-0.15, -0.1) is 0 Å². The lowest BCUT2D eigenvalue weighted by Gasteiger charge is -2.22. The summed E-state index contributed by atoms with van der Waals surface area (Å²) < 4.78 is 40.4. The number of Topliss-reactive ketones (excluding diaryl/α,β-unsaturated/α-hetero) is 1. The maximum absolute atomic E-state index is 13.0. The first-order valence-corrected chi connectivity index (χ1v) is 9.19. The first-order valence-electron chi connectivity index (χ1n) is 7.75. The van der Waals surface area contributed by atoms with E-state index in [1.807, 2.05) is 0 Å². The Morgan fingerprint density at radius 3 is 2.17 bits per heavy atom. The first-order chi connectivity index (χ1) is 11.4. The van der Waals surface area contributed by atoms with Gasteiger partial charge >= 0.3 is 0 Å². The highest BCUT2D eigenvalue weighted by Crippen LogP contribution is 2.33. The largest absolute Gasteiger partial charge is 0.295 e. The SMILES string of the molecule is CC(=O)c1ccc(S(=O)(=O)N(Cc2ccc(F)cc2)C2CC2)cc1. The zero-order valence-electron chi connectivity index (χ0n) is 13.3.